The zero-order chi connectivity index (χ0) is 14.1. The van der Waals surface area contributed by atoms with E-state index in [0.29, 0.717) is 13.0 Å². The minimum Gasteiger partial charge on any atom is -0.293 e. The molecule has 1 heterocycles. The van der Waals surface area contributed by atoms with Gasteiger partial charge in [-0.3, -0.25) is 14.3 Å². The van der Waals surface area contributed by atoms with Crippen LogP contribution in [0.1, 0.15) is 29.2 Å². The third kappa shape index (κ3) is 1.93. The van der Waals surface area contributed by atoms with Crippen LogP contribution >= 0.6 is 0 Å². The van der Waals surface area contributed by atoms with Crippen LogP contribution < -0.4 is 11.2 Å². The van der Waals surface area contributed by atoms with Crippen molar-refractivity contribution in [1.82, 2.24) is 9.55 Å². The van der Waals surface area contributed by atoms with E-state index in [-0.39, 0.29) is 17.2 Å². The summed E-state index contributed by atoms with van der Waals surface area (Å²) in [7, 11) is 0. The van der Waals surface area contributed by atoms with Crippen LogP contribution in [0.25, 0.3) is 0 Å². The van der Waals surface area contributed by atoms with Crippen molar-refractivity contribution in [3.63, 3.8) is 0 Å². The van der Waals surface area contributed by atoms with Gasteiger partial charge in [0.15, 0.2) is 0 Å². The van der Waals surface area contributed by atoms with Crippen LogP contribution in [0.4, 0.5) is 0 Å². The van der Waals surface area contributed by atoms with Crippen LogP contribution in [0, 0.1) is 0 Å². The number of benzene rings is 1. The summed E-state index contributed by atoms with van der Waals surface area (Å²) in [6.45, 7) is 4.11. The second-order valence-electron chi connectivity index (χ2n) is 5.02. The van der Waals surface area contributed by atoms with Gasteiger partial charge in [-0.1, -0.05) is 36.4 Å². The molecule has 1 N–H and O–H groups in total. The Hall–Kier alpha value is -2.36. The average molecular weight is 268 g/mol. The number of fused-ring (bicyclic) bond motifs is 1. The molecule has 0 radical (unpaired) electrons. The molecule has 2 aromatic rings. The van der Waals surface area contributed by atoms with E-state index < -0.39 is 0 Å². The van der Waals surface area contributed by atoms with Crippen LogP contribution in [0.5, 0.6) is 0 Å². The van der Waals surface area contributed by atoms with Crippen molar-refractivity contribution < 1.29 is 0 Å². The van der Waals surface area contributed by atoms with Gasteiger partial charge in [-0.05, 0) is 18.4 Å². The van der Waals surface area contributed by atoms with E-state index in [4.69, 9.17) is 0 Å². The van der Waals surface area contributed by atoms with Gasteiger partial charge in [-0.25, -0.2) is 4.79 Å². The Morgan fingerprint density at radius 3 is 2.75 bits per heavy atom. The first-order chi connectivity index (χ1) is 9.72. The van der Waals surface area contributed by atoms with Crippen LogP contribution in [-0.2, 0) is 13.0 Å². The fourth-order valence-electron chi connectivity index (χ4n) is 3.01. The minimum absolute atomic E-state index is 0.112. The highest BCUT2D eigenvalue weighted by molar-refractivity contribution is 5.37. The number of nitrogens with zero attached hydrogens (tertiary/aromatic N) is 1. The van der Waals surface area contributed by atoms with Crippen LogP contribution in [0.3, 0.4) is 0 Å². The molecular formula is C16H16N2O2. The number of nitrogens with one attached hydrogen (secondary N) is 1. The Labute approximate surface area is 116 Å². The fraction of sp³-hybridized carbons (Fsp3) is 0.250. The summed E-state index contributed by atoms with van der Waals surface area (Å²) in [5.74, 6) is 0.112. The molecule has 0 bridgehead atoms. The van der Waals surface area contributed by atoms with Crippen molar-refractivity contribution >= 4 is 0 Å². The lowest BCUT2D eigenvalue weighted by molar-refractivity contribution is 0.654. The second-order valence-corrected chi connectivity index (χ2v) is 5.02. The van der Waals surface area contributed by atoms with Gasteiger partial charge >= 0.3 is 5.69 Å². The molecule has 1 unspecified atom stereocenters. The lowest BCUT2D eigenvalue weighted by Gasteiger charge is -2.16. The molecule has 3 rings (SSSR count). The normalized spacial score (nSPS) is 16.9. The van der Waals surface area contributed by atoms with Crippen molar-refractivity contribution in [2.24, 2.45) is 0 Å². The third-order valence-electron chi connectivity index (χ3n) is 3.87. The Morgan fingerprint density at radius 1 is 1.30 bits per heavy atom. The predicted octanol–water partition coefficient (Wildman–Crippen LogP) is 1.80. The first-order valence-corrected chi connectivity index (χ1v) is 6.74. The van der Waals surface area contributed by atoms with Gasteiger partial charge in [0.05, 0.1) is 0 Å². The van der Waals surface area contributed by atoms with Gasteiger partial charge in [0.2, 0.25) is 0 Å². The summed E-state index contributed by atoms with van der Waals surface area (Å²) in [5.41, 5.74) is 2.14. The van der Waals surface area contributed by atoms with Gasteiger partial charge < -0.3 is 0 Å². The molecule has 0 saturated carbocycles. The Morgan fingerprint density at radius 2 is 2.05 bits per heavy atom. The molecular weight excluding hydrogens is 252 g/mol. The number of allylic oxidation sites excluding steroid dienone is 1. The molecule has 0 spiro atoms. The molecule has 0 amide bonds. The lowest BCUT2D eigenvalue weighted by atomic mass is 9.96. The Bertz CT molecular complexity index is 756. The smallest absolute Gasteiger partial charge is 0.293 e. The van der Waals surface area contributed by atoms with E-state index >= 15 is 0 Å². The SMILES string of the molecule is C=CCn1c2c(c(=O)[nH]c1=O)CCC2c1ccccc1. The second kappa shape index (κ2) is 4.96. The predicted molar refractivity (Wildman–Crippen MR) is 78.1 cm³/mol. The van der Waals surface area contributed by atoms with E-state index in [1.165, 1.54) is 0 Å². The molecule has 0 fully saturated rings. The van der Waals surface area contributed by atoms with Gasteiger partial charge in [0.1, 0.15) is 0 Å². The van der Waals surface area contributed by atoms with Crippen molar-refractivity contribution in [1.29, 1.82) is 0 Å². The number of aromatic amines is 1. The van der Waals surface area contributed by atoms with E-state index in [1.54, 1.807) is 10.6 Å². The number of hydrogen-bond acceptors (Lipinski definition) is 2. The van der Waals surface area contributed by atoms with Gasteiger partial charge in [0, 0.05) is 23.7 Å². The highest BCUT2D eigenvalue weighted by atomic mass is 16.2. The Kier molecular flexibility index (Phi) is 3.14. The summed E-state index contributed by atoms with van der Waals surface area (Å²) in [6.07, 6.45) is 3.26. The fourth-order valence-corrected chi connectivity index (χ4v) is 3.01. The van der Waals surface area contributed by atoms with Gasteiger partial charge in [-0.15, -0.1) is 6.58 Å². The highest BCUT2D eigenvalue weighted by Gasteiger charge is 2.29. The van der Waals surface area contributed by atoms with E-state index in [1.807, 2.05) is 30.3 Å². The van der Waals surface area contributed by atoms with Crippen LogP contribution in [0.15, 0.2) is 52.6 Å². The molecule has 1 aliphatic carbocycles. The lowest BCUT2D eigenvalue weighted by Crippen LogP contribution is -2.34. The molecule has 4 heteroatoms. The number of aromatic nitrogens is 2. The van der Waals surface area contributed by atoms with Gasteiger partial charge in [-0.2, -0.15) is 0 Å². The van der Waals surface area contributed by atoms with E-state index in [2.05, 4.69) is 11.6 Å². The van der Waals surface area contributed by atoms with Crippen molar-refractivity contribution in [2.45, 2.75) is 25.3 Å². The summed E-state index contributed by atoms with van der Waals surface area (Å²) < 4.78 is 1.63. The minimum atomic E-state index is -0.350. The maximum absolute atomic E-state index is 12.0. The van der Waals surface area contributed by atoms with E-state index in [9.17, 15) is 9.59 Å². The maximum atomic E-state index is 12.0. The van der Waals surface area contributed by atoms with Crippen molar-refractivity contribution in [2.75, 3.05) is 0 Å². The molecule has 4 nitrogen and oxygen atoms in total. The quantitative estimate of drug-likeness (QED) is 0.863. The van der Waals surface area contributed by atoms with Crippen LogP contribution in [0.2, 0.25) is 0 Å². The monoisotopic (exact) mass is 268 g/mol. The topological polar surface area (TPSA) is 54.9 Å². The first kappa shape index (κ1) is 12.7. The van der Waals surface area contributed by atoms with Gasteiger partial charge in [0.25, 0.3) is 5.56 Å². The molecule has 20 heavy (non-hydrogen) atoms. The number of hydrogen-bond donors (Lipinski definition) is 1. The highest BCUT2D eigenvalue weighted by Crippen LogP contribution is 2.35. The molecule has 102 valence electrons. The summed E-state index contributed by atoms with van der Waals surface area (Å²) in [6, 6.07) is 10.0. The zero-order valence-electron chi connectivity index (χ0n) is 11.1. The average Bonchev–Trinajstić information content (AvgIpc) is 2.89. The molecule has 1 atom stereocenters. The Balaban J connectivity index is 2.23. The first-order valence-electron chi connectivity index (χ1n) is 6.74. The van der Waals surface area contributed by atoms with Crippen molar-refractivity contribution in [3.8, 4) is 0 Å². The largest absolute Gasteiger partial charge is 0.328 e. The van der Waals surface area contributed by atoms with E-state index in [0.717, 1.165) is 23.2 Å². The molecule has 1 aliphatic rings. The summed E-state index contributed by atoms with van der Waals surface area (Å²) >= 11 is 0. The number of H-pyrrole nitrogens is 1. The molecule has 0 saturated heterocycles. The molecule has 1 aromatic carbocycles. The molecule has 1 aromatic heterocycles. The zero-order valence-corrected chi connectivity index (χ0v) is 11.1. The maximum Gasteiger partial charge on any atom is 0.328 e. The van der Waals surface area contributed by atoms with Crippen LogP contribution in [-0.4, -0.2) is 9.55 Å². The molecule has 0 aliphatic heterocycles. The summed E-state index contributed by atoms with van der Waals surface area (Å²) in [4.78, 5) is 26.4. The summed E-state index contributed by atoms with van der Waals surface area (Å²) in [5, 5.41) is 0. The standard InChI is InChI=1S/C16H16N2O2/c1-2-10-18-14-12(11-6-4-3-5-7-11)8-9-13(14)15(19)17-16(18)20/h2-7,12H,1,8-10H2,(H,17,19,20). The third-order valence-corrected chi connectivity index (χ3v) is 3.87. The number of rotatable bonds is 3. The van der Waals surface area contributed by atoms with Crippen molar-refractivity contribution in [3.05, 3.63) is 80.6 Å².